The first-order chi connectivity index (χ1) is 8.84. The van der Waals surface area contributed by atoms with Gasteiger partial charge in [-0.15, -0.1) is 0 Å². The number of anilines is 1. The van der Waals surface area contributed by atoms with Crippen molar-refractivity contribution in [2.24, 2.45) is 0 Å². The van der Waals surface area contributed by atoms with E-state index < -0.39 is 0 Å². The Bertz CT molecular complexity index is 684. The number of carbonyl (C=O) groups excluding carboxylic acids is 1. The van der Waals surface area contributed by atoms with E-state index in [4.69, 9.17) is 0 Å². The van der Waals surface area contributed by atoms with Gasteiger partial charge >= 0.3 is 0 Å². The number of fused-ring (bicyclic) bond motifs is 1. The normalized spacial score (nSPS) is 10.4. The van der Waals surface area contributed by atoms with Gasteiger partial charge in [-0.25, -0.2) is 4.98 Å². The van der Waals surface area contributed by atoms with Crippen LogP contribution in [-0.4, -0.2) is 15.9 Å². The molecule has 0 saturated carbocycles. The van der Waals surface area contributed by atoms with Crippen LogP contribution in [0.3, 0.4) is 0 Å². The molecule has 0 spiro atoms. The minimum atomic E-state index is -0.239. The zero-order valence-corrected chi connectivity index (χ0v) is 9.55. The maximum atomic E-state index is 11.9. The molecule has 1 amide bonds. The van der Waals surface area contributed by atoms with E-state index in [1.54, 1.807) is 12.4 Å². The van der Waals surface area contributed by atoms with Gasteiger partial charge in [0.05, 0.1) is 0 Å². The average Bonchev–Trinajstić information content (AvgIpc) is 2.93. The number of aromatic nitrogens is 2. The lowest BCUT2D eigenvalue weighted by molar-refractivity contribution is 0.101. The quantitative estimate of drug-likeness (QED) is 0.720. The lowest BCUT2D eigenvalue weighted by atomic mass is 10.1. The largest absolute Gasteiger partial charge is 0.341 e. The molecule has 3 rings (SSSR count). The number of nitrogens with zero attached hydrogens (tertiary/aromatic N) is 1. The van der Waals surface area contributed by atoms with Gasteiger partial charge in [0.15, 0.2) is 5.82 Å². The molecule has 4 heteroatoms. The first kappa shape index (κ1) is 10.5. The monoisotopic (exact) mass is 237 g/mol. The molecule has 0 aliphatic heterocycles. The van der Waals surface area contributed by atoms with E-state index in [9.17, 15) is 4.79 Å². The van der Waals surface area contributed by atoms with Crippen molar-refractivity contribution in [3.63, 3.8) is 0 Å². The smallest absolute Gasteiger partial charge is 0.291 e. The van der Waals surface area contributed by atoms with Crippen LogP contribution in [0.5, 0.6) is 0 Å². The van der Waals surface area contributed by atoms with Crippen LogP contribution in [-0.2, 0) is 0 Å². The van der Waals surface area contributed by atoms with Crippen LogP contribution in [0.25, 0.3) is 10.8 Å². The van der Waals surface area contributed by atoms with Gasteiger partial charge in [0.1, 0.15) is 0 Å². The van der Waals surface area contributed by atoms with Gasteiger partial charge in [0.2, 0.25) is 0 Å². The maximum absolute atomic E-state index is 11.9. The van der Waals surface area contributed by atoms with Crippen molar-refractivity contribution < 1.29 is 4.79 Å². The molecule has 0 unspecified atom stereocenters. The van der Waals surface area contributed by atoms with Crippen LogP contribution >= 0.6 is 0 Å². The summed E-state index contributed by atoms with van der Waals surface area (Å²) >= 11 is 0. The second-order valence-electron chi connectivity index (χ2n) is 3.92. The summed E-state index contributed by atoms with van der Waals surface area (Å²) in [6, 6.07) is 13.7. The fourth-order valence-electron chi connectivity index (χ4n) is 1.91. The number of H-pyrrole nitrogens is 1. The first-order valence-electron chi connectivity index (χ1n) is 5.63. The molecular weight excluding hydrogens is 226 g/mol. The van der Waals surface area contributed by atoms with Crippen molar-refractivity contribution in [3.05, 3.63) is 60.7 Å². The molecule has 3 aromatic rings. The molecule has 0 fully saturated rings. The predicted molar refractivity (Wildman–Crippen MR) is 70.5 cm³/mol. The standard InChI is InChI=1S/C14H11N3O/c18-14(13-15-8-9-16-13)17-12-7-3-5-10-4-1-2-6-11(10)12/h1-9H,(H,15,16)(H,17,18). The van der Waals surface area contributed by atoms with E-state index in [1.807, 2.05) is 42.5 Å². The molecule has 4 nitrogen and oxygen atoms in total. The third-order valence-electron chi connectivity index (χ3n) is 2.75. The van der Waals surface area contributed by atoms with Gasteiger partial charge < -0.3 is 10.3 Å². The highest BCUT2D eigenvalue weighted by atomic mass is 16.2. The van der Waals surface area contributed by atoms with E-state index in [0.717, 1.165) is 16.5 Å². The lowest BCUT2D eigenvalue weighted by Gasteiger charge is -2.07. The van der Waals surface area contributed by atoms with Gasteiger partial charge in [-0.05, 0) is 11.5 Å². The van der Waals surface area contributed by atoms with Gasteiger partial charge in [-0.3, -0.25) is 4.79 Å². The highest BCUT2D eigenvalue weighted by Crippen LogP contribution is 2.23. The number of amides is 1. The molecule has 0 radical (unpaired) electrons. The van der Waals surface area contributed by atoms with Crippen LogP contribution in [0.15, 0.2) is 54.9 Å². The number of aromatic amines is 1. The summed E-state index contributed by atoms with van der Waals surface area (Å²) in [4.78, 5) is 18.6. The Balaban J connectivity index is 1.98. The van der Waals surface area contributed by atoms with Crippen molar-refractivity contribution in [1.82, 2.24) is 9.97 Å². The number of hydrogen-bond donors (Lipinski definition) is 2. The van der Waals surface area contributed by atoms with Crippen LogP contribution in [0.4, 0.5) is 5.69 Å². The molecule has 1 heterocycles. The van der Waals surface area contributed by atoms with Crippen LogP contribution in [0, 0.1) is 0 Å². The fraction of sp³-hybridized carbons (Fsp3) is 0. The van der Waals surface area contributed by atoms with Crippen LogP contribution in [0.2, 0.25) is 0 Å². The summed E-state index contributed by atoms with van der Waals surface area (Å²) in [5, 5.41) is 4.96. The summed E-state index contributed by atoms with van der Waals surface area (Å²) in [7, 11) is 0. The number of rotatable bonds is 2. The molecule has 0 bridgehead atoms. The Labute approximate surface area is 104 Å². The number of hydrogen-bond acceptors (Lipinski definition) is 2. The summed E-state index contributed by atoms with van der Waals surface area (Å²) in [6.07, 6.45) is 3.18. The summed E-state index contributed by atoms with van der Waals surface area (Å²) < 4.78 is 0. The van der Waals surface area contributed by atoms with Crippen molar-refractivity contribution >= 4 is 22.4 Å². The average molecular weight is 237 g/mol. The topological polar surface area (TPSA) is 57.8 Å². The molecule has 1 aromatic heterocycles. The summed E-state index contributed by atoms with van der Waals surface area (Å²) in [5.74, 6) is 0.0688. The zero-order valence-electron chi connectivity index (χ0n) is 9.55. The Morgan fingerprint density at radius 1 is 1.11 bits per heavy atom. The molecule has 0 aliphatic carbocycles. The van der Waals surface area contributed by atoms with E-state index in [1.165, 1.54) is 0 Å². The fourth-order valence-corrected chi connectivity index (χ4v) is 1.91. The van der Waals surface area contributed by atoms with Crippen LogP contribution < -0.4 is 5.32 Å². The molecule has 2 aromatic carbocycles. The third kappa shape index (κ3) is 1.84. The Morgan fingerprint density at radius 3 is 2.78 bits per heavy atom. The maximum Gasteiger partial charge on any atom is 0.291 e. The molecule has 0 atom stereocenters. The van der Waals surface area contributed by atoms with E-state index in [-0.39, 0.29) is 5.91 Å². The number of imidazole rings is 1. The van der Waals surface area contributed by atoms with E-state index >= 15 is 0 Å². The minimum absolute atomic E-state index is 0.239. The van der Waals surface area contributed by atoms with E-state index in [2.05, 4.69) is 15.3 Å². The van der Waals surface area contributed by atoms with Crippen molar-refractivity contribution in [3.8, 4) is 0 Å². The van der Waals surface area contributed by atoms with Gasteiger partial charge in [0.25, 0.3) is 5.91 Å². The molecule has 88 valence electrons. The zero-order chi connectivity index (χ0) is 12.4. The number of benzene rings is 2. The Kier molecular flexibility index (Phi) is 2.53. The van der Waals surface area contributed by atoms with Crippen molar-refractivity contribution in [2.45, 2.75) is 0 Å². The second kappa shape index (κ2) is 4.33. The second-order valence-corrected chi connectivity index (χ2v) is 3.92. The molecule has 0 saturated heterocycles. The SMILES string of the molecule is O=C(Nc1cccc2ccccc12)c1ncc[nH]1. The van der Waals surface area contributed by atoms with E-state index in [0.29, 0.717) is 5.82 Å². The summed E-state index contributed by atoms with van der Waals surface area (Å²) in [5.41, 5.74) is 0.787. The predicted octanol–water partition coefficient (Wildman–Crippen LogP) is 2.82. The minimum Gasteiger partial charge on any atom is -0.341 e. The van der Waals surface area contributed by atoms with Crippen LogP contribution in [0.1, 0.15) is 10.6 Å². The van der Waals surface area contributed by atoms with Crippen molar-refractivity contribution in [2.75, 3.05) is 5.32 Å². The molecule has 2 N–H and O–H groups in total. The van der Waals surface area contributed by atoms with Crippen molar-refractivity contribution in [1.29, 1.82) is 0 Å². The number of nitrogens with one attached hydrogen (secondary N) is 2. The molecule has 0 aliphatic rings. The molecule has 18 heavy (non-hydrogen) atoms. The highest BCUT2D eigenvalue weighted by Gasteiger charge is 2.09. The first-order valence-corrected chi connectivity index (χ1v) is 5.63. The lowest BCUT2D eigenvalue weighted by Crippen LogP contribution is -2.13. The van der Waals surface area contributed by atoms with Gasteiger partial charge in [-0.2, -0.15) is 0 Å². The molecular formula is C14H11N3O. The van der Waals surface area contributed by atoms with Gasteiger partial charge in [0, 0.05) is 23.5 Å². The summed E-state index contributed by atoms with van der Waals surface area (Å²) in [6.45, 7) is 0. The Morgan fingerprint density at radius 2 is 1.94 bits per heavy atom. The highest BCUT2D eigenvalue weighted by molar-refractivity contribution is 6.07. The van der Waals surface area contributed by atoms with Gasteiger partial charge in [-0.1, -0.05) is 36.4 Å². The number of carbonyl (C=O) groups is 1. The Hall–Kier alpha value is -2.62. The third-order valence-corrected chi connectivity index (χ3v) is 2.75.